The summed E-state index contributed by atoms with van der Waals surface area (Å²) >= 11 is 0. The van der Waals surface area contributed by atoms with Crippen LogP contribution in [0.15, 0.2) is 108 Å². The number of alkyl carbamates (subject to hydrolysis) is 2. The van der Waals surface area contributed by atoms with Crippen LogP contribution in [0.1, 0.15) is 74.2 Å². The lowest BCUT2D eigenvalue weighted by Crippen LogP contribution is -2.47. The number of primary amides is 1. The number of hydrogen-bond donors (Lipinski definition) is 3. The summed E-state index contributed by atoms with van der Waals surface area (Å²) in [6.07, 6.45) is 1.44. The number of ether oxygens (including phenoxy) is 5. The van der Waals surface area contributed by atoms with Crippen molar-refractivity contribution in [3.05, 3.63) is 131 Å². The van der Waals surface area contributed by atoms with E-state index in [0.717, 1.165) is 22.3 Å². The fourth-order valence-electron chi connectivity index (χ4n) is 4.91. The Morgan fingerprint density at radius 2 is 1.29 bits per heavy atom. The molecule has 0 bridgehead atoms. The summed E-state index contributed by atoms with van der Waals surface area (Å²) < 4.78 is 28.8. The molecule has 13 heteroatoms. The predicted molar refractivity (Wildman–Crippen MR) is 212 cm³/mol. The molecule has 0 atom stereocenters. The highest BCUT2D eigenvalue weighted by atomic mass is 16.6. The summed E-state index contributed by atoms with van der Waals surface area (Å²) in [4.78, 5) is 54.8. The SMILES string of the molecule is CC(C)(C)OC(=O)NC(=Nc1ccc(C(=O)OCc2ccccc2)c(OCCc2cc(/C=C/C(N)=O)ccc2OCc2ccccc2)c1)NC(=O)OC(C)(C)C. The molecule has 0 spiro atoms. The van der Waals surface area contributed by atoms with Gasteiger partial charge in [-0.25, -0.2) is 19.4 Å². The number of esters is 1. The van der Waals surface area contributed by atoms with Crippen LogP contribution in [0.3, 0.4) is 0 Å². The van der Waals surface area contributed by atoms with Gasteiger partial charge < -0.3 is 29.4 Å². The van der Waals surface area contributed by atoms with Gasteiger partial charge in [-0.05, 0) is 94.1 Å². The molecule has 294 valence electrons. The Balaban J connectivity index is 1.65. The Morgan fingerprint density at radius 1 is 0.696 bits per heavy atom. The molecule has 56 heavy (non-hydrogen) atoms. The van der Waals surface area contributed by atoms with Crippen molar-refractivity contribution in [3.8, 4) is 11.5 Å². The van der Waals surface area contributed by atoms with Gasteiger partial charge in [0, 0.05) is 18.6 Å². The van der Waals surface area contributed by atoms with Gasteiger partial charge in [0.25, 0.3) is 0 Å². The fourth-order valence-corrected chi connectivity index (χ4v) is 4.91. The number of aliphatic imine (C=N–C) groups is 1. The highest BCUT2D eigenvalue weighted by Gasteiger charge is 2.22. The van der Waals surface area contributed by atoms with Crippen molar-refractivity contribution in [2.45, 2.75) is 72.4 Å². The van der Waals surface area contributed by atoms with E-state index in [2.05, 4.69) is 15.6 Å². The van der Waals surface area contributed by atoms with Crippen LogP contribution in [-0.2, 0) is 38.6 Å². The summed E-state index contributed by atoms with van der Waals surface area (Å²) in [7, 11) is 0. The van der Waals surface area contributed by atoms with E-state index in [9.17, 15) is 19.2 Å². The smallest absolute Gasteiger partial charge is 0.414 e. The molecule has 0 aromatic heterocycles. The molecular weight excluding hydrogens is 716 g/mol. The van der Waals surface area contributed by atoms with Gasteiger partial charge in [0.05, 0.1) is 12.3 Å². The Morgan fingerprint density at radius 3 is 1.86 bits per heavy atom. The van der Waals surface area contributed by atoms with Crippen LogP contribution in [0, 0.1) is 0 Å². The van der Waals surface area contributed by atoms with Gasteiger partial charge in [-0.15, -0.1) is 0 Å². The topological polar surface area (TPSA) is 177 Å². The molecule has 0 fully saturated rings. The number of nitrogens with two attached hydrogens (primary N) is 1. The monoisotopic (exact) mass is 764 g/mol. The first-order valence-corrected chi connectivity index (χ1v) is 17.9. The molecule has 0 heterocycles. The first-order chi connectivity index (χ1) is 26.5. The molecule has 0 aliphatic heterocycles. The number of benzene rings is 4. The number of rotatable bonds is 13. The number of amides is 3. The zero-order chi connectivity index (χ0) is 40.7. The number of guanidine groups is 1. The van der Waals surface area contributed by atoms with Crippen LogP contribution in [0.4, 0.5) is 15.3 Å². The Bertz CT molecular complexity index is 2000. The van der Waals surface area contributed by atoms with Crippen molar-refractivity contribution in [3.63, 3.8) is 0 Å². The molecule has 13 nitrogen and oxygen atoms in total. The molecule has 4 N–H and O–H groups in total. The molecular formula is C43H48N4O9. The number of carbonyl (C=O) groups is 4. The largest absolute Gasteiger partial charge is 0.492 e. The van der Waals surface area contributed by atoms with E-state index in [-0.39, 0.29) is 36.2 Å². The van der Waals surface area contributed by atoms with Gasteiger partial charge in [0.15, 0.2) is 0 Å². The molecule has 0 saturated carbocycles. The Hall–Kier alpha value is -6.63. The minimum absolute atomic E-state index is 0.0243. The van der Waals surface area contributed by atoms with Crippen LogP contribution >= 0.6 is 0 Å². The van der Waals surface area contributed by atoms with Gasteiger partial charge in [0.1, 0.15) is 41.5 Å². The molecule has 0 radical (unpaired) electrons. The average Bonchev–Trinajstić information content (AvgIpc) is 3.12. The minimum Gasteiger partial charge on any atom is -0.492 e. The molecule has 4 aromatic rings. The van der Waals surface area contributed by atoms with Crippen molar-refractivity contribution < 1.29 is 42.9 Å². The second-order valence-corrected chi connectivity index (χ2v) is 14.4. The van der Waals surface area contributed by atoms with Crippen LogP contribution in [0.25, 0.3) is 6.08 Å². The standard InChI is InChI=1S/C43H48N4O9/c1-42(2,3)55-40(50)46-39(47-41(51)56-43(4,5)6)45-33-19-20-34(38(49)54-28-31-15-11-8-12-16-31)36(26-33)52-24-23-32-25-29(18-22-37(44)48)17-21-35(32)53-27-30-13-9-7-10-14-30/h7-22,25-26H,23-24,27-28H2,1-6H3,(H2,44,48)(H2,45,46,47,50,51)/b22-18+. The van der Waals surface area contributed by atoms with Gasteiger partial charge in [-0.2, -0.15) is 0 Å². The fraction of sp³-hybridized carbons (Fsp3) is 0.279. The van der Waals surface area contributed by atoms with Gasteiger partial charge in [-0.3, -0.25) is 15.4 Å². The van der Waals surface area contributed by atoms with E-state index in [1.165, 1.54) is 24.3 Å². The molecule has 0 aliphatic rings. The van der Waals surface area contributed by atoms with Crippen LogP contribution in [-0.4, -0.2) is 47.8 Å². The summed E-state index contributed by atoms with van der Waals surface area (Å²) in [5.41, 5.74) is 7.21. The highest BCUT2D eigenvalue weighted by Crippen LogP contribution is 2.28. The van der Waals surface area contributed by atoms with Crippen LogP contribution in [0.2, 0.25) is 0 Å². The molecule has 4 aromatic carbocycles. The predicted octanol–water partition coefficient (Wildman–Crippen LogP) is 7.78. The average molecular weight is 765 g/mol. The Kier molecular flexibility index (Phi) is 14.8. The van der Waals surface area contributed by atoms with Crippen molar-refractivity contribution in [2.75, 3.05) is 6.61 Å². The zero-order valence-corrected chi connectivity index (χ0v) is 32.4. The van der Waals surface area contributed by atoms with E-state index in [4.69, 9.17) is 29.4 Å². The third-order valence-corrected chi connectivity index (χ3v) is 7.27. The second-order valence-electron chi connectivity index (χ2n) is 14.4. The Labute approximate surface area is 326 Å². The van der Waals surface area contributed by atoms with Gasteiger partial charge in [-0.1, -0.05) is 66.7 Å². The zero-order valence-electron chi connectivity index (χ0n) is 32.4. The quantitative estimate of drug-likeness (QED) is 0.0403. The maximum atomic E-state index is 13.5. The van der Waals surface area contributed by atoms with Crippen molar-refractivity contribution in [1.82, 2.24) is 10.6 Å². The van der Waals surface area contributed by atoms with E-state index in [1.807, 2.05) is 66.7 Å². The third-order valence-electron chi connectivity index (χ3n) is 7.27. The maximum Gasteiger partial charge on any atom is 0.414 e. The third kappa shape index (κ3) is 15.0. The summed E-state index contributed by atoms with van der Waals surface area (Å²) in [5, 5.41) is 4.89. The first-order valence-electron chi connectivity index (χ1n) is 17.9. The summed E-state index contributed by atoms with van der Waals surface area (Å²) in [6, 6.07) is 28.8. The second kappa shape index (κ2) is 19.6. The summed E-state index contributed by atoms with van der Waals surface area (Å²) in [6.45, 7) is 10.6. The van der Waals surface area contributed by atoms with Crippen molar-refractivity contribution in [2.24, 2.45) is 10.7 Å². The first kappa shape index (κ1) is 42.1. The van der Waals surface area contributed by atoms with E-state index in [1.54, 1.807) is 59.8 Å². The number of hydrogen-bond acceptors (Lipinski definition) is 10. The lowest BCUT2D eigenvalue weighted by atomic mass is 10.1. The summed E-state index contributed by atoms with van der Waals surface area (Å²) in [5.74, 6) is -0.807. The van der Waals surface area contributed by atoms with E-state index in [0.29, 0.717) is 18.8 Å². The maximum absolute atomic E-state index is 13.5. The van der Waals surface area contributed by atoms with Crippen molar-refractivity contribution in [1.29, 1.82) is 0 Å². The molecule has 3 amide bonds. The molecule has 0 unspecified atom stereocenters. The van der Waals surface area contributed by atoms with E-state index >= 15 is 0 Å². The highest BCUT2D eigenvalue weighted by molar-refractivity contribution is 6.02. The van der Waals surface area contributed by atoms with Gasteiger partial charge >= 0.3 is 18.2 Å². The number of nitrogens with zero attached hydrogens (tertiary/aromatic N) is 1. The van der Waals surface area contributed by atoms with Crippen molar-refractivity contribution >= 4 is 41.8 Å². The van der Waals surface area contributed by atoms with Gasteiger partial charge in [0.2, 0.25) is 11.9 Å². The van der Waals surface area contributed by atoms with E-state index < -0.39 is 35.3 Å². The normalized spacial score (nSPS) is 11.2. The van der Waals surface area contributed by atoms with Crippen LogP contribution < -0.4 is 25.8 Å². The minimum atomic E-state index is -0.872. The molecule has 4 rings (SSSR count). The molecule has 0 saturated heterocycles. The number of nitrogens with one attached hydrogen (secondary N) is 2. The lowest BCUT2D eigenvalue weighted by molar-refractivity contribution is -0.113. The molecule has 0 aliphatic carbocycles. The number of carbonyl (C=O) groups excluding carboxylic acids is 4. The van der Waals surface area contributed by atoms with Crippen LogP contribution in [0.5, 0.6) is 11.5 Å². The lowest BCUT2D eigenvalue weighted by Gasteiger charge is -2.22.